The van der Waals surface area contributed by atoms with E-state index in [9.17, 15) is 0 Å². The van der Waals surface area contributed by atoms with Crippen molar-refractivity contribution in [2.45, 2.75) is 32.1 Å². The van der Waals surface area contributed by atoms with Crippen LogP contribution in [0.15, 0.2) is 11.4 Å². The molecule has 0 spiro atoms. The Morgan fingerprint density at radius 3 is 3.31 bits per heavy atom. The van der Waals surface area contributed by atoms with Gasteiger partial charge in [0.1, 0.15) is 0 Å². The first kappa shape index (κ1) is 9.22. The van der Waals surface area contributed by atoms with Gasteiger partial charge in [0, 0.05) is 4.88 Å². The van der Waals surface area contributed by atoms with E-state index < -0.39 is 0 Å². The van der Waals surface area contributed by atoms with Crippen molar-refractivity contribution in [1.82, 2.24) is 0 Å². The molecule has 1 aromatic rings. The Morgan fingerprint density at radius 2 is 2.54 bits per heavy atom. The van der Waals surface area contributed by atoms with Crippen LogP contribution in [-0.4, -0.2) is 6.54 Å². The minimum Gasteiger partial charge on any atom is -0.330 e. The zero-order valence-corrected chi connectivity index (χ0v) is 8.94. The van der Waals surface area contributed by atoms with E-state index in [0.717, 1.165) is 12.5 Å². The van der Waals surface area contributed by atoms with Gasteiger partial charge in [0.2, 0.25) is 0 Å². The molecule has 0 saturated carbocycles. The van der Waals surface area contributed by atoms with Crippen molar-refractivity contribution in [2.75, 3.05) is 6.54 Å². The molecule has 2 unspecified atom stereocenters. The molecule has 2 heteroatoms. The summed E-state index contributed by atoms with van der Waals surface area (Å²) in [5, 5.41) is 2.23. The minimum atomic E-state index is 0.647. The summed E-state index contributed by atoms with van der Waals surface area (Å²) in [6.45, 7) is 3.09. The molecule has 0 fully saturated rings. The molecule has 1 heterocycles. The Balaban J connectivity index is 2.24. The van der Waals surface area contributed by atoms with Gasteiger partial charge in [-0.25, -0.2) is 0 Å². The van der Waals surface area contributed by atoms with Crippen molar-refractivity contribution < 1.29 is 0 Å². The molecular formula is C11H17NS. The summed E-state index contributed by atoms with van der Waals surface area (Å²) in [4.78, 5) is 1.61. The van der Waals surface area contributed by atoms with E-state index in [1.807, 2.05) is 11.3 Å². The minimum absolute atomic E-state index is 0.647. The number of rotatable bonds is 2. The third-order valence-electron chi connectivity index (χ3n) is 3.16. The van der Waals surface area contributed by atoms with E-state index in [4.69, 9.17) is 5.73 Å². The molecule has 2 rings (SSSR count). The Bertz CT molecular complexity index is 279. The van der Waals surface area contributed by atoms with Crippen LogP contribution in [-0.2, 0) is 6.42 Å². The first-order chi connectivity index (χ1) is 6.33. The Kier molecular flexibility index (Phi) is 2.70. The van der Waals surface area contributed by atoms with Gasteiger partial charge in [0.15, 0.2) is 0 Å². The van der Waals surface area contributed by atoms with E-state index in [2.05, 4.69) is 18.4 Å². The average Bonchev–Trinajstić information content (AvgIpc) is 2.63. The second kappa shape index (κ2) is 3.81. The molecule has 1 aliphatic carbocycles. The highest BCUT2D eigenvalue weighted by Crippen LogP contribution is 2.38. The van der Waals surface area contributed by atoms with Gasteiger partial charge < -0.3 is 5.73 Å². The van der Waals surface area contributed by atoms with Crippen molar-refractivity contribution >= 4 is 11.3 Å². The number of nitrogens with two attached hydrogens (primary N) is 1. The van der Waals surface area contributed by atoms with Crippen LogP contribution < -0.4 is 5.73 Å². The van der Waals surface area contributed by atoms with E-state index in [1.54, 1.807) is 10.4 Å². The van der Waals surface area contributed by atoms with Crippen LogP contribution in [0.4, 0.5) is 0 Å². The van der Waals surface area contributed by atoms with Crippen LogP contribution in [0.3, 0.4) is 0 Å². The van der Waals surface area contributed by atoms with Gasteiger partial charge in [-0.05, 0) is 54.7 Å². The van der Waals surface area contributed by atoms with Gasteiger partial charge in [-0.1, -0.05) is 6.92 Å². The largest absolute Gasteiger partial charge is 0.330 e. The van der Waals surface area contributed by atoms with Gasteiger partial charge in [0.25, 0.3) is 0 Å². The monoisotopic (exact) mass is 195 g/mol. The third-order valence-corrected chi connectivity index (χ3v) is 4.15. The van der Waals surface area contributed by atoms with Gasteiger partial charge in [0.05, 0.1) is 0 Å². The van der Waals surface area contributed by atoms with Crippen molar-refractivity contribution in [2.24, 2.45) is 11.7 Å². The van der Waals surface area contributed by atoms with Crippen molar-refractivity contribution in [3.05, 3.63) is 21.9 Å². The normalized spacial score (nSPS) is 24.0. The summed E-state index contributed by atoms with van der Waals surface area (Å²) < 4.78 is 0. The second-order valence-electron chi connectivity index (χ2n) is 4.01. The average molecular weight is 195 g/mol. The van der Waals surface area contributed by atoms with Crippen LogP contribution >= 0.6 is 11.3 Å². The van der Waals surface area contributed by atoms with Gasteiger partial charge in [-0.2, -0.15) is 0 Å². The van der Waals surface area contributed by atoms with E-state index in [1.165, 1.54) is 19.3 Å². The number of thiophene rings is 1. The summed E-state index contributed by atoms with van der Waals surface area (Å²) in [6, 6.07) is 2.30. The Labute approximate surface area is 84.0 Å². The number of aryl methyl sites for hydroxylation is 1. The number of hydrogen-bond donors (Lipinski definition) is 1. The Morgan fingerprint density at radius 1 is 1.69 bits per heavy atom. The second-order valence-corrected chi connectivity index (χ2v) is 5.01. The van der Waals surface area contributed by atoms with Gasteiger partial charge in [-0.3, -0.25) is 0 Å². The maximum absolute atomic E-state index is 5.73. The zero-order valence-electron chi connectivity index (χ0n) is 8.12. The van der Waals surface area contributed by atoms with Crippen LogP contribution in [0.2, 0.25) is 0 Å². The predicted octanol–water partition coefficient (Wildman–Crippen LogP) is 2.76. The summed E-state index contributed by atoms with van der Waals surface area (Å²) in [5.74, 6) is 1.38. The van der Waals surface area contributed by atoms with E-state index in [-0.39, 0.29) is 0 Å². The lowest BCUT2D eigenvalue weighted by Crippen LogP contribution is -2.21. The molecule has 2 atom stereocenters. The molecule has 72 valence electrons. The summed E-state index contributed by atoms with van der Waals surface area (Å²) in [5.41, 5.74) is 7.32. The lowest BCUT2D eigenvalue weighted by Gasteiger charge is -2.27. The van der Waals surface area contributed by atoms with Crippen LogP contribution in [0, 0.1) is 5.92 Å². The summed E-state index contributed by atoms with van der Waals surface area (Å²) >= 11 is 1.92. The number of fused-ring (bicyclic) bond motifs is 1. The Hall–Kier alpha value is -0.340. The summed E-state index contributed by atoms with van der Waals surface area (Å²) in [6.07, 6.45) is 3.98. The highest BCUT2D eigenvalue weighted by atomic mass is 32.1. The van der Waals surface area contributed by atoms with E-state index >= 15 is 0 Å². The fourth-order valence-corrected chi connectivity index (χ4v) is 3.27. The molecular weight excluding hydrogens is 178 g/mol. The quantitative estimate of drug-likeness (QED) is 0.771. The van der Waals surface area contributed by atoms with Crippen molar-refractivity contribution in [3.63, 3.8) is 0 Å². The molecule has 0 radical (unpaired) electrons. The molecule has 0 saturated heterocycles. The fraction of sp³-hybridized carbons (Fsp3) is 0.636. The maximum Gasteiger partial charge on any atom is 0.00801 e. The first-order valence-electron chi connectivity index (χ1n) is 5.09. The molecule has 1 nitrogen and oxygen atoms in total. The fourth-order valence-electron chi connectivity index (χ4n) is 2.28. The van der Waals surface area contributed by atoms with Crippen LogP contribution in [0.25, 0.3) is 0 Å². The van der Waals surface area contributed by atoms with Crippen LogP contribution in [0.1, 0.15) is 36.1 Å². The maximum atomic E-state index is 5.73. The SMILES string of the molecule is CC(CN)C1CCCc2sccc21. The molecule has 1 aromatic heterocycles. The lowest BCUT2D eigenvalue weighted by atomic mass is 9.80. The highest BCUT2D eigenvalue weighted by Gasteiger charge is 2.24. The van der Waals surface area contributed by atoms with E-state index in [0.29, 0.717) is 5.92 Å². The first-order valence-corrected chi connectivity index (χ1v) is 5.97. The predicted molar refractivity (Wildman–Crippen MR) is 58.2 cm³/mol. The lowest BCUT2D eigenvalue weighted by molar-refractivity contribution is 0.416. The molecule has 13 heavy (non-hydrogen) atoms. The molecule has 0 bridgehead atoms. The van der Waals surface area contributed by atoms with Gasteiger partial charge >= 0.3 is 0 Å². The standard InChI is InChI=1S/C11H17NS/c1-8(7-12)9-3-2-4-11-10(9)5-6-13-11/h5-6,8-9H,2-4,7,12H2,1H3. The zero-order chi connectivity index (χ0) is 9.26. The smallest absolute Gasteiger partial charge is 0.00801 e. The molecule has 1 aliphatic rings. The van der Waals surface area contributed by atoms with Crippen molar-refractivity contribution in [1.29, 1.82) is 0 Å². The van der Waals surface area contributed by atoms with Crippen molar-refractivity contribution in [3.8, 4) is 0 Å². The number of hydrogen-bond acceptors (Lipinski definition) is 2. The summed E-state index contributed by atoms with van der Waals surface area (Å²) in [7, 11) is 0. The van der Waals surface area contributed by atoms with Crippen LogP contribution in [0.5, 0.6) is 0 Å². The van der Waals surface area contributed by atoms with Gasteiger partial charge in [-0.15, -0.1) is 11.3 Å². The molecule has 0 aromatic carbocycles. The molecule has 2 N–H and O–H groups in total. The highest BCUT2D eigenvalue weighted by molar-refractivity contribution is 7.10. The molecule has 0 aliphatic heterocycles. The topological polar surface area (TPSA) is 26.0 Å². The third kappa shape index (κ3) is 1.65. The molecule has 0 amide bonds.